The van der Waals surface area contributed by atoms with Gasteiger partial charge in [0.2, 0.25) is 0 Å². The monoisotopic (exact) mass is 302 g/mol. The predicted octanol–water partition coefficient (Wildman–Crippen LogP) is 1.60. The van der Waals surface area contributed by atoms with Gasteiger partial charge in [0, 0.05) is 25.0 Å². The molecule has 0 aliphatic carbocycles. The molecule has 2 rings (SSSR count). The molecule has 8 heteroatoms. The molecule has 0 bridgehead atoms. The summed E-state index contributed by atoms with van der Waals surface area (Å²) in [6.45, 7) is -0.319. The van der Waals surface area contributed by atoms with Crippen LogP contribution in [-0.4, -0.2) is 18.1 Å². The van der Waals surface area contributed by atoms with Gasteiger partial charge in [-0.05, 0) is 18.2 Å². The topological polar surface area (TPSA) is 71.3 Å². The molecule has 1 aromatic heterocycles. The Morgan fingerprint density at radius 1 is 1.20 bits per heavy atom. The smallest absolute Gasteiger partial charge is 0.263 e. The van der Waals surface area contributed by atoms with E-state index in [1.165, 1.54) is 16.8 Å². The maximum absolute atomic E-state index is 13.0. The minimum absolute atomic E-state index is 0.103. The Kier molecular flexibility index (Phi) is 3.78. The second-order valence-electron chi connectivity index (χ2n) is 4.20. The molecule has 2 N–H and O–H groups in total. The van der Waals surface area contributed by atoms with Crippen LogP contribution in [0.3, 0.4) is 0 Å². The van der Waals surface area contributed by atoms with Crippen molar-refractivity contribution in [3.8, 4) is 0 Å². The fraction of sp³-hybridized carbons (Fsp3) is 0.167. The molecule has 2 aromatic rings. The summed E-state index contributed by atoms with van der Waals surface area (Å²) < 4.78 is 53.7. The molecule has 1 aromatic carbocycles. The fourth-order valence-corrected chi connectivity index (χ4v) is 2.84. The van der Waals surface area contributed by atoms with Gasteiger partial charge in [0.05, 0.1) is 12.3 Å². The first-order chi connectivity index (χ1) is 9.31. The number of nitrogens with zero attached hydrogens (tertiary/aromatic N) is 1. The molecule has 0 spiro atoms. The molecule has 1 heterocycles. The largest absolute Gasteiger partial charge is 0.390 e. The van der Waals surface area contributed by atoms with Crippen molar-refractivity contribution in [2.24, 2.45) is 7.05 Å². The van der Waals surface area contributed by atoms with Gasteiger partial charge in [-0.25, -0.2) is 17.2 Å². The highest BCUT2D eigenvalue weighted by Crippen LogP contribution is 2.20. The Morgan fingerprint density at radius 2 is 1.80 bits per heavy atom. The molecule has 0 amide bonds. The number of aliphatic hydroxyl groups excluding tert-OH is 1. The zero-order valence-corrected chi connectivity index (χ0v) is 11.3. The first-order valence-corrected chi connectivity index (χ1v) is 7.05. The van der Waals surface area contributed by atoms with Crippen molar-refractivity contribution in [3.05, 3.63) is 47.8 Å². The third kappa shape index (κ3) is 2.97. The molecule has 0 fully saturated rings. The first-order valence-electron chi connectivity index (χ1n) is 5.57. The normalized spacial score (nSPS) is 11.6. The average molecular weight is 302 g/mol. The number of hydrogen-bond acceptors (Lipinski definition) is 3. The van der Waals surface area contributed by atoms with Crippen LogP contribution in [0.25, 0.3) is 0 Å². The lowest BCUT2D eigenvalue weighted by Crippen LogP contribution is -2.12. The van der Waals surface area contributed by atoms with Crippen LogP contribution < -0.4 is 4.72 Å². The van der Waals surface area contributed by atoms with Crippen LogP contribution in [0.4, 0.5) is 14.5 Å². The van der Waals surface area contributed by atoms with E-state index in [1.807, 2.05) is 0 Å². The number of aryl methyl sites for hydroxylation is 1. The van der Waals surface area contributed by atoms with Crippen LogP contribution in [0.1, 0.15) is 5.69 Å². The number of sulfonamides is 1. The van der Waals surface area contributed by atoms with E-state index in [0.717, 1.165) is 12.1 Å². The molecule has 0 saturated heterocycles. The third-order valence-corrected chi connectivity index (χ3v) is 4.02. The molecular formula is C12H12F2N2O3S. The molecule has 0 radical (unpaired) electrons. The Bertz CT molecular complexity index is 721. The number of aromatic nitrogens is 1. The fourth-order valence-electron chi connectivity index (χ4n) is 1.71. The highest BCUT2D eigenvalue weighted by atomic mass is 32.2. The molecule has 0 aliphatic rings. The summed E-state index contributed by atoms with van der Waals surface area (Å²) in [4.78, 5) is -0.103. The molecular weight excluding hydrogens is 290 g/mol. The van der Waals surface area contributed by atoms with E-state index in [9.17, 15) is 17.2 Å². The van der Waals surface area contributed by atoms with Gasteiger partial charge in [-0.15, -0.1) is 0 Å². The summed E-state index contributed by atoms with van der Waals surface area (Å²) in [6.07, 6.45) is 1.30. The van der Waals surface area contributed by atoms with Gasteiger partial charge < -0.3 is 9.67 Å². The first kappa shape index (κ1) is 14.5. The van der Waals surface area contributed by atoms with E-state index in [4.69, 9.17) is 5.11 Å². The summed E-state index contributed by atoms with van der Waals surface area (Å²) >= 11 is 0. The molecule has 0 aliphatic heterocycles. The SMILES string of the molecule is Cn1cc(S(=O)(=O)Nc2cc(F)cc(F)c2)cc1CO. The van der Waals surface area contributed by atoms with Crippen LogP contribution in [0.5, 0.6) is 0 Å². The minimum Gasteiger partial charge on any atom is -0.390 e. The Hall–Kier alpha value is -1.93. The second kappa shape index (κ2) is 5.22. The maximum Gasteiger partial charge on any atom is 0.263 e. The highest BCUT2D eigenvalue weighted by Gasteiger charge is 2.18. The van der Waals surface area contributed by atoms with Crippen molar-refractivity contribution in [2.75, 3.05) is 4.72 Å². The second-order valence-corrected chi connectivity index (χ2v) is 5.88. The van der Waals surface area contributed by atoms with Crippen molar-refractivity contribution in [2.45, 2.75) is 11.5 Å². The number of aliphatic hydroxyl groups is 1. The zero-order chi connectivity index (χ0) is 14.9. The van der Waals surface area contributed by atoms with Crippen LogP contribution in [0, 0.1) is 11.6 Å². The van der Waals surface area contributed by atoms with Gasteiger partial charge in [-0.2, -0.15) is 0 Å². The summed E-state index contributed by atoms with van der Waals surface area (Å²) in [5.74, 6) is -1.77. The zero-order valence-electron chi connectivity index (χ0n) is 10.5. The molecule has 0 unspecified atom stereocenters. The van der Waals surface area contributed by atoms with Crippen molar-refractivity contribution < 1.29 is 22.3 Å². The van der Waals surface area contributed by atoms with Crippen LogP contribution in [-0.2, 0) is 23.7 Å². The third-order valence-electron chi connectivity index (χ3n) is 2.67. The standard InChI is InChI=1S/C12H12F2N2O3S/c1-16-6-12(5-11(16)7-17)20(18,19)15-10-3-8(13)2-9(14)4-10/h2-6,15,17H,7H2,1H3. The summed E-state index contributed by atoms with van der Waals surface area (Å²) in [5.41, 5.74) is 0.188. The quantitative estimate of drug-likeness (QED) is 0.901. The van der Waals surface area contributed by atoms with Crippen LogP contribution in [0.2, 0.25) is 0 Å². The van der Waals surface area contributed by atoms with E-state index >= 15 is 0 Å². The molecule has 108 valence electrons. The molecule has 0 atom stereocenters. The van der Waals surface area contributed by atoms with Crippen molar-refractivity contribution in [1.82, 2.24) is 4.57 Å². The summed E-state index contributed by atoms with van der Waals surface area (Å²) in [5, 5.41) is 9.02. The number of anilines is 1. The van der Waals surface area contributed by atoms with Gasteiger partial charge in [0.15, 0.2) is 0 Å². The number of halogens is 2. The Labute approximate surface area is 114 Å². The number of hydrogen-bond donors (Lipinski definition) is 2. The number of rotatable bonds is 4. The lowest BCUT2D eigenvalue weighted by Gasteiger charge is -2.06. The van der Waals surface area contributed by atoms with Crippen molar-refractivity contribution >= 4 is 15.7 Å². The van der Waals surface area contributed by atoms with E-state index in [0.29, 0.717) is 11.8 Å². The van der Waals surface area contributed by atoms with E-state index in [2.05, 4.69) is 4.72 Å². The van der Waals surface area contributed by atoms with Crippen molar-refractivity contribution in [3.63, 3.8) is 0 Å². The minimum atomic E-state index is -3.97. The number of nitrogens with one attached hydrogen (secondary N) is 1. The molecule has 5 nitrogen and oxygen atoms in total. The number of benzene rings is 1. The van der Waals surface area contributed by atoms with Gasteiger partial charge in [0.1, 0.15) is 16.5 Å². The van der Waals surface area contributed by atoms with Gasteiger partial charge >= 0.3 is 0 Å². The molecule has 20 heavy (non-hydrogen) atoms. The van der Waals surface area contributed by atoms with E-state index < -0.39 is 21.7 Å². The van der Waals surface area contributed by atoms with E-state index in [1.54, 1.807) is 7.05 Å². The van der Waals surface area contributed by atoms with Crippen molar-refractivity contribution in [1.29, 1.82) is 0 Å². The van der Waals surface area contributed by atoms with Crippen LogP contribution >= 0.6 is 0 Å². The summed E-state index contributed by atoms with van der Waals surface area (Å²) in [7, 11) is -2.40. The Morgan fingerprint density at radius 3 is 2.30 bits per heavy atom. The van der Waals surface area contributed by atoms with Gasteiger partial charge in [-0.1, -0.05) is 0 Å². The maximum atomic E-state index is 13.0. The van der Waals surface area contributed by atoms with Crippen LogP contribution in [0.15, 0.2) is 35.4 Å². The average Bonchev–Trinajstić information content (AvgIpc) is 2.69. The van der Waals surface area contributed by atoms with Gasteiger partial charge in [-0.3, -0.25) is 4.72 Å². The van der Waals surface area contributed by atoms with E-state index in [-0.39, 0.29) is 17.2 Å². The Balaban J connectivity index is 2.35. The predicted molar refractivity (Wildman–Crippen MR) is 68.5 cm³/mol. The lowest BCUT2D eigenvalue weighted by atomic mass is 10.3. The summed E-state index contributed by atoms with van der Waals surface area (Å²) in [6, 6.07) is 3.66. The van der Waals surface area contributed by atoms with Gasteiger partial charge in [0.25, 0.3) is 10.0 Å². The molecule has 0 saturated carbocycles. The lowest BCUT2D eigenvalue weighted by molar-refractivity contribution is 0.272. The highest BCUT2D eigenvalue weighted by molar-refractivity contribution is 7.92.